The van der Waals surface area contributed by atoms with E-state index in [0.717, 1.165) is 24.3 Å². The fourth-order valence-electron chi connectivity index (χ4n) is 2.77. The van der Waals surface area contributed by atoms with E-state index in [4.69, 9.17) is 23.2 Å². The molecule has 0 spiro atoms. The SMILES string of the molecule is O=C(NCc1ccccc1)N1CCN(c2ccc(Cl)cc2Cl)CC1. The van der Waals surface area contributed by atoms with Crippen LogP contribution in [-0.4, -0.2) is 37.1 Å². The Morgan fingerprint density at radius 2 is 1.71 bits per heavy atom. The lowest BCUT2D eigenvalue weighted by molar-refractivity contribution is 0.194. The average Bonchev–Trinajstić information content (AvgIpc) is 2.61. The monoisotopic (exact) mass is 363 g/mol. The van der Waals surface area contributed by atoms with Gasteiger partial charge in [0.05, 0.1) is 10.7 Å². The number of halogens is 2. The molecule has 0 aromatic heterocycles. The number of benzene rings is 2. The first-order valence-electron chi connectivity index (χ1n) is 7.90. The van der Waals surface area contributed by atoms with E-state index in [0.29, 0.717) is 29.7 Å². The van der Waals surface area contributed by atoms with Gasteiger partial charge in [0.1, 0.15) is 0 Å². The van der Waals surface area contributed by atoms with E-state index < -0.39 is 0 Å². The lowest BCUT2D eigenvalue weighted by atomic mass is 10.2. The molecule has 6 heteroatoms. The smallest absolute Gasteiger partial charge is 0.317 e. The molecular formula is C18H19Cl2N3O. The highest BCUT2D eigenvalue weighted by Crippen LogP contribution is 2.29. The van der Waals surface area contributed by atoms with Gasteiger partial charge in [-0.2, -0.15) is 0 Å². The van der Waals surface area contributed by atoms with Crippen molar-refractivity contribution in [2.24, 2.45) is 0 Å². The van der Waals surface area contributed by atoms with E-state index in [1.54, 1.807) is 6.07 Å². The molecule has 0 atom stereocenters. The van der Waals surface area contributed by atoms with Gasteiger partial charge in [-0.3, -0.25) is 0 Å². The summed E-state index contributed by atoms with van der Waals surface area (Å²) in [4.78, 5) is 16.3. The Bertz CT molecular complexity index is 701. The third-order valence-corrected chi connectivity index (χ3v) is 4.64. The molecular weight excluding hydrogens is 345 g/mol. The number of nitrogens with one attached hydrogen (secondary N) is 1. The largest absolute Gasteiger partial charge is 0.367 e. The van der Waals surface area contributed by atoms with Crippen LogP contribution in [0.2, 0.25) is 10.0 Å². The molecule has 0 bridgehead atoms. The molecule has 1 heterocycles. The van der Waals surface area contributed by atoms with Gasteiger partial charge in [-0.15, -0.1) is 0 Å². The van der Waals surface area contributed by atoms with Crippen molar-refractivity contribution in [2.45, 2.75) is 6.54 Å². The maximum atomic E-state index is 12.3. The van der Waals surface area contributed by atoms with E-state index in [-0.39, 0.29) is 6.03 Å². The third-order valence-electron chi connectivity index (χ3n) is 4.10. The van der Waals surface area contributed by atoms with Gasteiger partial charge in [-0.1, -0.05) is 53.5 Å². The minimum Gasteiger partial charge on any atom is -0.367 e. The second kappa shape index (κ2) is 7.77. The van der Waals surface area contributed by atoms with Crippen molar-refractivity contribution in [1.29, 1.82) is 0 Å². The molecule has 24 heavy (non-hydrogen) atoms. The molecule has 0 unspecified atom stereocenters. The van der Waals surface area contributed by atoms with Crippen molar-refractivity contribution >= 4 is 34.9 Å². The average molecular weight is 364 g/mol. The Balaban J connectivity index is 1.52. The predicted molar refractivity (Wildman–Crippen MR) is 98.9 cm³/mol. The molecule has 2 amide bonds. The van der Waals surface area contributed by atoms with Crippen molar-refractivity contribution in [2.75, 3.05) is 31.1 Å². The number of nitrogens with zero attached hydrogens (tertiary/aromatic N) is 2. The van der Waals surface area contributed by atoms with Gasteiger partial charge < -0.3 is 15.1 Å². The number of anilines is 1. The molecule has 1 fully saturated rings. The Labute approximate surface area is 152 Å². The first-order chi connectivity index (χ1) is 11.6. The zero-order valence-corrected chi connectivity index (χ0v) is 14.7. The van der Waals surface area contributed by atoms with E-state index in [2.05, 4.69) is 10.2 Å². The molecule has 0 saturated carbocycles. The first kappa shape index (κ1) is 16.9. The van der Waals surface area contributed by atoms with Crippen LogP contribution in [-0.2, 0) is 6.54 Å². The number of urea groups is 1. The van der Waals surface area contributed by atoms with Crippen LogP contribution in [0.5, 0.6) is 0 Å². The number of piperazine rings is 1. The van der Waals surface area contributed by atoms with Crippen LogP contribution in [0.3, 0.4) is 0 Å². The van der Waals surface area contributed by atoms with Gasteiger partial charge >= 0.3 is 6.03 Å². The zero-order valence-electron chi connectivity index (χ0n) is 13.2. The molecule has 1 aliphatic heterocycles. The molecule has 1 saturated heterocycles. The van der Waals surface area contributed by atoms with Crippen LogP contribution in [0.25, 0.3) is 0 Å². The first-order valence-corrected chi connectivity index (χ1v) is 8.66. The highest BCUT2D eigenvalue weighted by molar-refractivity contribution is 6.36. The summed E-state index contributed by atoms with van der Waals surface area (Å²) in [7, 11) is 0. The van der Waals surface area contributed by atoms with Crippen LogP contribution in [0.15, 0.2) is 48.5 Å². The number of hydrogen-bond acceptors (Lipinski definition) is 2. The fraction of sp³-hybridized carbons (Fsp3) is 0.278. The van der Waals surface area contributed by atoms with Gasteiger partial charge in [-0.25, -0.2) is 4.79 Å². The minimum absolute atomic E-state index is 0.0271. The van der Waals surface area contributed by atoms with Gasteiger partial charge in [-0.05, 0) is 23.8 Å². The molecule has 126 valence electrons. The topological polar surface area (TPSA) is 35.6 Å². The van der Waals surface area contributed by atoms with Gasteiger partial charge in [0.25, 0.3) is 0 Å². The maximum Gasteiger partial charge on any atom is 0.317 e. The summed E-state index contributed by atoms with van der Waals surface area (Å²) in [6, 6.07) is 15.4. The van der Waals surface area contributed by atoms with Crippen molar-refractivity contribution in [3.8, 4) is 0 Å². The zero-order chi connectivity index (χ0) is 16.9. The van der Waals surface area contributed by atoms with Gasteiger partial charge in [0.2, 0.25) is 0 Å². The van der Waals surface area contributed by atoms with Crippen LogP contribution in [0.1, 0.15) is 5.56 Å². The highest BCUT2D eigenvalue weighted by atomic mass is 35.5. The van der Waals surface area contributed by atoms with Gasteiger partial charge in [0, 0.05) is 37.7 Å². The standard InChI is InChI=1S/C18H19Cl2N3O/c19-15-6-7-17(16(20)12-15)22-8-10-23(11-9-22)18(24)21-13-14-4-2-1-3-5-14/h1-7,12H,8-11,13H2,(H,21,24). The number of rotatable bonds is 3. The van der Waals surface area contributed by atoms with E-state index in [1.165, 1.54) is 0 Å². The quantitative estimate of drug-likeness (QED) is 0.893. The summed E-state index contributed by atoms with van der Waals surface area (Å²) in [5.74, 6) is 0. The lowest BCUT2D eigenvalue weighted by Crippen LogP contribution is -2.51. The van der Waals surface area contributed by atoms with Crippen LogP contribution in [0, 0.1) is 0 Å². The van der Waals surface area contributed by atoms with E-state index in [1.807, 2.05) is 47.4 Å². The number of carbonyl (C=O) groups excluding carboxylic acids is 1. The second-order valence-electron chi connectivity index (χ2n) is 5.71. The number of hydrogen-bond donors (Lipinski definition) is 1. The number of amides is 2. The Morgan fingerprint density at radius 3 is 2.38 bits per heavy atom. The summed E-state index contributed by atoms with van der Waals surface area (Å²) >= 11 is 12.2. The summed E-state index contributed by atoms with van der Waals surface area (Å²) in [6.45, 7) is 3.38. The predicted octanol–water partition coefficient (Wildman–Crippen LogP) is 4.03. The van der Waals surface area contributed by atoms with Crippen LogP contribution < -0.4 is 10.2 Å². The maximum absolute atomic E-state index is 12.3. The van der Waals surface area contributed by atoms with E-state index >= 15 is 0 Å². The van der Waals surface area contributed by atoms with Crippen molar-refractivity contribution in [3.05, 3.63) is 64.1 Å². The minimum atomic E-state index is -0.0271. The lowest BCUT2D eigenvalue weighted by Gasteiger charge is -2.36. The van der Waals surface area contributed by atoms with E-state index in [9.17, 15) is 4.79 Å². The molecule has 0 radical (unpaired) electrons. The normalized spacial score (nSPS) is 14.6. The van der Waals surface area contributed by atoms with Crippen molar-refractivity contribution in [3.63, 3.8) is 0 Å². The molecule has 0 aliphatic carbocycles. The van der Waals surface area contributed by atoms with Crippen LogP contribution in [0.4, 0.5) is 10.5 Å². The molecule has 2 aromatic rings. The molecule has 1 N–H and O–H groups in total. The summed E-state index contributed by atoms with van der Waals surface area (Å²) in [5, 5.41) is 4.24. The fourth-order valence-corrected chi connectivity index (χ4v) is 3.30. The highest BCUT2D eigenvalue weighted by Gasteiger charge is 2.22. The Hall–Kier alpha value is -1.91. The molecule has 2 aromatic carbocycles. The molecule has 4 nitrogen and oxygen atoms in total. The summed E-state index contributed by atoms with van der Waals surface area (Å²) < 4.78 is 0. The molecule has 1 aliphatic rings. The summed E-state index contributed by atoms with van der Waals surface area (Å²) in [5.41, 5.74) is 2.06. The van der Waals surface area contributed by atoms with Crippen LogP contribution >= 0.6 is 23.2 Å². The number of carbonyl (C=O) groups is 1. The Morgan fingerprint density at radius 1 is 1.00 bits per heavy atom. The second-order valence-corrected chi connectivity index (χ2v) is 6.56. The Kier molecular flexibility index (Phi) is 5.48. The van der Waals surface area contributed by atoms with Crippen molar-refractivity contribution in [1.82, 2.24) is 10.2 Å². The summed E-state index contributed by atoms with van der Waals surface area (Å²) in [6.07, 6.45) is 0. The molecule has 3 rings (SSSR count). The van der Waals surface area contributed by atoms with Gasteiger partial charge in [0.15, 0.2) is 0 Å². The third kappa shape index (κ3) is 4.13. The van der Waals surface area contributed by atoms with Crippen molar-refractivity contribution < 1.29 is 4.79 Å².